The fourth-order valence-electron chi connectivity index (χ4n) is 3.28. The Labute approximate surface area is 161 Å². The van der Waals surface area contributed by atoms with Gasteiger partial charge in [-0.2, -0.15) is 13.2 Å². The molecule has 0 bridgehead atoms. The normalized spacial score (nSPS) is 16.5. The number of hydrogen-bond acceptors (Lipinski definition) is 2. The number of anilines is 1. The molecule has 2 aromatic rings. The van der Waals surface area contributed by atoms with Crippen LogP contribution in [0.3, 0.4) is 0 Å². The number of halogens is 4. The third-order valence-corrected chi connectivity index (χ3v) is 5.10. The van der Waals surface area contributed by atoms with E-state index in [0.717, 1.165) is 24.5 Å². The van der Waals surface area contributed by atoms with Crippen molar-refractivity contribution >= 4 is 11.6 Å². The average molecular weight is 394 g/mol. The molecule has 0 aliphatic heterocycles. The third-order valence-electron chi connectivity index (χ3n) is 5.10. The Morgan fingerprint density at radius 2 is 1.75 bits per heavy atom. The second-order valence-corrected chi connectivity index (χ2v) is 7.36. The maximum atomic E-state index is 13.1. The van der Waals surface area contributed by atoms with Gasteiger partial charge in [0.2, 0.25) is 5.91 Å². The van der Waals surface area contributed by atoms with Gasteiger partial charge in [0, 0.05) is 24.4 Å². The number of rotatable bonds is 7. The molecule has 0 radical (unpaired) electrons. The second-order valence-electron chi connectivity index (χ2n) is 7.36. The molecule has 7 heteroatoms. The van der Waals surface area contributed by atoms with E-state index >= 15 is 0 Å². The Balaban J connectivity index is 1.54. The van der Waals surface area contributed by atoms with Gasteiger partial charge in [-0.15, -0.1) is 0 Å². The van der Waals surface area contributed by atoms with Crippen LogP contribution < -0.4 is 10.6 Å². The SMILES string of the molecule is CC(CC(=O)Nc1ccccc1C(F)(F)F)NCC1(c2ccc(F)cc2)CC1. The summed E-state index contributed by atoms with van der Waals surface area (Å²) in [6, 6.07) is 11.1. The van der Waals surface area contributed by atoms with Crippen LogP contribution in [0.1, 0.15) is 37.3 Å². The number of alkyl halides is 3. The van der Waals surface area contributed by atoms with Gasteiger partial charge >= 0.3 is 6.18 Å². The summed E-state index contributed by atoms with van der Waals surface area (Å²) in [6.07, 6.45) is -2.53. The highest BCUT2D eigenvalue weighted by molar-refractivity contribution is 5.92. The lowest BCUT2D eigenvalue weighted by molar-refractivity contribution is -0.137. The summed E-state index contributed by atoms with van der Waals surface area (Å²) in [4.78, 5) is 12.2. The van der Waals surface area contributed by atoms with Gasteiger partial charge in [0.15, 0.2) is 0 Å². The van der Waals surface area contributed by atoms with Gasteiger partial charge in [0.25, 0.3) is 0 Å². The van der Waals surface area contributed by atoms with Crippen molar-refractivity contribution in [3.05, 3.63) is 65.5 Å². The first-order valence-electron chi connectivity index (χ1n) is 9.15. The van der Waals surface area contributed by atoms with Crippen molar-refractivity contribution in [3.8, 4) is 0 Å². The number of carbonyl (C=O) groups excluding carboxylic acids is 1. The Kier molecular flexibility index (Phi) is 5.74. The lowest BCUT2D eigenvalue weighted by Crippen LogP contribution is -2.36. The van der Waals surface area contributed by atoms with Crippen molar-refractivity contribution in [1.82, 2.24) is 5.32 Å². The Morgan fingerprint density at radius 1 is 1.11 bits per heavy atom. The molecular weight excluding hydrogens is 372 g/mol. The molecule has 2 N–H and O–H groups in total. The van der Waals surface area contributed by atoms with Crippen molar-refractivity contribution in [2.45, 2.75) is 43.8 Å². The van der Waals surface area contributed by atoms with E-state index < -0.39 is 17.6 Å². The topological polar surface area (TPSA) is 41.1 Å². The maximum absolute atomic E-state index is 13.1. The Morgan fingerprint density at radius 3 is 2.36 bits per heavy atom. The highest BCUT2D eigenvalue weighted by Gasteiger charge is 2.44. The van der Waals surface area contributed by atoms with Crippen molar-refractivity contribution in [2.24, 2.45) is 0 Å². The zero-order valence-corrected chi connectivity index (χ0v) is 15.4. The fraction of sp³-hybridized carbons (Fsp3) is 0.381. The van der Waals surface area contributed by atoms with Crippen LogP contribution in [0.15, 0.2) is 48.5 Å². The molecule has 28 heavy (non-hydrogen) atoms. The molecule has 3 rings (SSSR count). The van der Waals surface area contributed by atoms with Gasteiger partial charge in [-0.1, -0.05) is 24.3 Å². The molecule has 1 saturated carbocycles. The number of nitrogens with one attached hydrogen (secondary N) is 2. The molecule has 150 valence electrons. The minimum absolute atomic E-state index is 0.0473. The molecule has 3 nitrogen and oxygen atoms in total. The van der Waals surface area contributed by atoms with Crippen molar-refractivity contribution in [2.75, 3.05) is 11.9 Å². The van der Waals surface area contributed by atoms with Crippen LogP contribution in [0.4, 0.5) is 23.2 Å². The molecule has 2 aromatic carbocycles. The average Bonchev–Trinajstić information content (AvgIpc) is 3.41. The number of benzene rings is 2. The number of carbonyl (C=O) groups is 1. The fourth-order valence-corrected chi connectivity index (χ4v) is 3.28. The summed E-state index contributed by atoms with van der Waals surface area (Å²) < 4.78 is 52.2. The van der Waals surface area contributed by atoms with Crippen molar-refractivity contribution in [3.63, 3.8) is 0 Å². The largest absolute Gasteiger partial charge is 0.418 e. The molecule has 1 aliphatic rings. The highest BCUT2D eigenvalue weighted by Crippen LogP contribution is 2.47. The van der Waals surface area contributed by atoms with Gasteiger partial charge in [-0.3, -0.25) is 4.79 Å². The summed E-state index contributed by atoms with van der Waals surface area (Å²) in [6.45, 7) is 2.45. The minimum atomic E-state index is -4.53. The molecule has 0 spiro atoms. The first-order valence-corrected chi connectivity index (χ1v) is 9.15. The Bertz CT molecular complexity index is 829. The zero-order valence-electron chi connectivity index (χ0n) is 15.4. The summed E-state index contributed by atoms with van der Waals surface area (Å²) in [5.41, 5.74) is -0.104. The van der Waals surface area contributed by atoms with Gasteiger partial charge in [-0.25, -0.2) is 4.39 Å². The predicted molar refractivity (Wildman–Crippen MR) is 99.5 cm³/mol. The zero-order chi connectivity index (χ0) is 20.4. The van der Waals surface area contributed by atoms with E-state index in [1.165, 1.54) is 30.3 Å². The van der Waals surface area contributed by atoms with E-state index in [1.807, 2.05) is 6.92 Å². The standard InChI is InChI=1S/C21H22F4N2O/c1-14(26-13-20(10-11-20)15-6-8-16(22)9-7-15)12-19(28)27-18-5-3-2-4-17(18)21(23,24)25/h2-9,14,26H,10-13H2,1H3,(H,27,28). The van der Waals surface area contributed by atoms with E-state index in [4.69, 9.17) is 0 Å². The molecule has 1 amide bonds. The predicted octanol–water partition coefficient (Wildman–Crippen LogP) is 4.88. The summed E-state index contributed by atoms with van der Waals surface area (Å²) in [7, 11) is 0. The van der Waals surface area contributed by atoms with Gasteiger partial charge in [0.05, 0.1) is 11.3 Å². The van der Waals surface area contributed by atoms with Crippen LogP contribution in [0.2, 0.25) is 0 Å². The highest BCUT2D eigenvalue weighted by atomic mass is 19.4. The van der Waals surface area contributed by atoms with Crippen molar-refractivity contribution in [1.29, 1.82) is 0 Å². The van der Waals surface area contributed by atoms with Crippen LogP contribution in [0.25, 0.3) is 0 Å². The number of amides is 1. The quantitative estimate of drug-likeness (QED) is 0.657. The maximum Gasteiger partial charge on any atom is 0.418 e. The number of para-hydroxylation sites is 1. The third kappa shape index (κ3) is 4.90. The molecule has 0 saturated heterocycles. The molecule has 0 heterocycles. The monoisotopic (exact) mass is 394 g/mol. The van der Waals surface area contributed by atoms with Crippen molar-refractivity contribution < 1.29 is 22.4 Å². The molecule has 1 unspecified atom stereocenters. The van der Waals surface area contributed by atoms with Gasteiger partial charge in [0.1, 0.15) is 5.82 Å². The van der Waals surface area contributed by atoms with E-state index in [-0.39, 0.29) is 29.4 Å². The lowest BCUT2D eigenvalue weighted by atomic mass is 9.95. The smallest absolute Gasteiger partial charge is 0.325 e. The first-order chi connectivity index (χ1) is 13.2. The molecular formula is C21H22F4N2O. The first kappa shape index (κ1) is 20.3. The van der Waals surface area contributed by atoms with E-state index in [0.29, 0.717) is 6.54 Å². The van der Waals surface area contributed by atoms with Crippen LogP contribution in [0.5, 0.6) is 0 Å². The van der Waals surface area contributed by atoms with Crippen LogP contribution >= 0.6 is 0 Å². The molecule has 1 atom stereocenters. The summed E-state index contributed by atoms with van der Waals surface area (Å²) in [5, 5.41) is 5.64. The van der Waals surface area contributed by atoms with Crippen LogP contribution in [0, 0.1) is 5.82 Å². The van der Waals surface area contributed by atoms with E-state index in [2.05, 4.69) is 10.6 Å². The molecule has 0 aromatic heterocycles. The summed E-state index contributed by atoms with van der Waals surface area (Å²) in [5.74, 6) is -0.764. The Hall–Kier alpha value is -2.41. The number of hydrogen-bond donors (Lipinski definition) is 2. The molecule has 1 fully saturated rings. The van der Waals surface area contributed by atoms with Crippen LogP contribution in [-0.4, -0.2) is 18.5 Å². The van der Waals surface area contributed by atoms with Crippen LogP contribution in [-0.2, 0) is 16.4 Å². The minimum Gasteiger partial charge on any atom is -0.325 e. The lowest BCUT2D eigenvalue weighted by Gasteiger charge is -2.21. The second kappa shape index (κ2) is 7.91. The van der Waals surface area contributed by atoms with Gasteiger partial charge in [-0.05, 0) is 49.6 Å². The van der Waals surface area contributed by atoms with Gasteiger partial charge < -0.3 is 10.6 Å². The summed E-state index contributed by atoms with van der Waals surface area (Å²) >= 11 is 0. The van der Waals surface area contributed by atoms with E-state index in [9.17, 15) is 22.4 Å². The van der Waals surface area contributed by atoms with E-state index in [1.54, 1.807) is 12.1 Å². The molecule has 1 aliphatic carbocycles.